The van der Waals surface area contributed by atoms with Crippen molar-refractivity contribution in [3.8, 4) is 0 Å². The predicted molar refractivity (Wildman–Crippen MR) is 96.1 cm³/mol. The molecule has 2 amide bonds. The zero-order valence-electron chi connectivity index (χ0n) is 15.3. The molecule has 1 heterocycles. The number of carbonyl (C=O) groups excluding carboxylic acids is 1. The minimum Gasteiger partial charge on any atom is -0.383 e. The van der Waals surface area contributed by atoms with Gasteiger partial charge in [-0.05, 0) is 37.5 Å². The molecular weight excluding hydrogens is 302 g/mol. The average Bonchev–Trinajstić information content (AvgIpc) is 3.31. The normalized spacial score (nSPS) is 24.2. The van der Waals surface area contributed by atoms with Gasteiger partial charge >= 0.3 is 6.03 Å². The van der Waals surface area contributed by atoms with Crippen molar-refractivity contribution in [1.82, 2.24) is 15.1 Å². The summed E-state index contributed by atoms with van der Waals surface area (Å²) in [6.07, 6.45) is 10.6. The molecule has 0 aromatic rings. The number of hydrogen-bond acceptors (Lipinski definition) is 3. The van der Waals surface area contributed by atoms with Gasteiger partial charge in [0.05, 0.1) is 6.61 Å². The number of carbonyl (C=O) groups is 1. The van der Waals surface area contributed by atoms with Crippen LogP contribution in [0.2, 0.25) is 0 Å². The van der Waals surface area contributed by atoms with Crippen LogP contribution in [0.4, 0.5) is 4.79 Å². The van der Waals surface area contributed by atoms with Gasteiger partial charge in [0.25, 0.3) is 0 Å². The number of rotatable bonds is 6. The first-order valence-corrected chi connectivity index (χ1v) is 10.0. The van der Waals surface area contributed by atoms with Crippen LogP contribution in [0.3, 0.4) is 0 Å². The van der Waals surface area contributed by atoms with Crippen LogP contribution in [0.1, 0.15) is 51.4 Å². The van der Waals surface area contributed by atoms with Gasteiger partial charge in [-0.25, -0.2) is 4.79 Å². The number of nitrogens with one attached hydrogen (secondary N) is 1. The highest BCUT2D eigenvalue weighted by Gasteiger charge is 2.35. The summed E-state index contributed by atoms with van der Waals surface area (Å²) in [6, 6.07) is 0.610. The first kappa shape index (κ1) is 18.0. The van der Waals surface area contributed by atoms with Crippen molar-refractivity contribution < 1.29 is 9.53 Å². The smallest absolute Gasteiger partial charge is 0.317 e. The summed E-state index contributed by atoms with van der Waals surface area (Å²) in [5.41, 5.74) is 0. The zero-order valence-corrected chi connectivity index (χ0v) is 15.3. The standard InChI is InChI=1S/C19H35N3O2/c1-24-15-14-21-10-12-22(13-11-21)19(23)20-18(16-6-2-3-7-16)17-8-4-5-9-17/h16-18H,2-15H2,1H3,(H,20,23). The van der Waals surface area contributed by atoms with E-state index in [2.05, 4.69) is 10.2 Å². The minimum atomic E-state index is 0.185. The molecule has 0 aromatic carbocycles. The van der Waals surface area contributed by atoms with Crippen LogP contribution in [0.15, 0.2) is 0 Å². The summed E-state index contributed by atoms with van der Waals surface area (Å²) in [7, 11) is 1.75. The molecule has 3 aliphatic rings. The van der Waals surface area contributed by atoms with Crippen LogP contribution >= 0.6 is 0 Å². The van der Waals surface area contributed by atoms with Crippen LogP contribution in [-0.4, -0.2) is 68.3 Å². The number of amides is 2. The van der Waals surface area contributed by atoms with E-state index in [0.717, 1.165) is 51.2 Å². The molecule has 5 nitrogen and oxygen atoms in total. The molecular formula is C19H35N3O2. The maximum atomic E-state index is 12.8. The van der Waals surface area contributed by atoms with Crippen molar-refractivity contribution in [2.75, 3.05) is 46.4 Å². The van der Waals surface area contributed by atoms with Gasteiger partial charge in [0.2, 0.25) is 0 Å². The Labute approximate surface area is 147 Å². The number of urea groups is 1. The third-order valence-corrected chi connectivity index (χ3v) is 6.38. The molecule has 1 aliphatic heterocycles. The number of ether oxygens (including phenoxy) is 1. The highest BCUT2D eigenvalue weighted by atomic mass is 16.5. The van der Waals surface area contributed by atoms with Crippen molar-refractivity contribution in [2.45, 2.75) is 57.4 Å². The van der Waals surface area contributed by atoms with Crippen LogP contribution in [-0.2, 0) is 4.74 Å². The third-order valence-electron chi connectivity index (χ3n) is 6.38. The first-order valence-electron chi connectivity index (χ1n) is 10.0. The Morgan fingerprint density at radius 1 is 1.00 bits per heavy atom. The second-order valence-electron chi connectivity index (χ2n) is 7.89. The topological polar surface area (TPSA) is 44.8 Å². The molecule has 3 fully saturated rings. The Balaban J connectivity index is 1.50. The average molecular weight is 338 g/mol. The highest BCUT2D eigenvalue weighted by Crippen LogP contribution is 2.37. The molecule has 2 saturated carbocycles. The largest absolute Gasteiger partial charge is 0.383 e. The maximum absolute atomic E-state index is 12.8. The second-order valence-corrected chi connectivity index (χ2v) is 7.89. The lowest BCUT2D eigenvalue weighted by Crippen LogP contribution is -2.55. The van der Waals surface area contributed by atoms with Crippen molar-refractivity contribution in [3.63, 3.8) is 0 Å². The van der Waals surface area contributed by atoms with Gasteiger partial charge in [-0.3, -0.25) is 4.90 Å². The van der Waals surface area contributed by atoms with E-state index in [1.807, 2.05) is 4.90 Å². The summed E-state index contributed by atoms with van der Waals surface area (Å²) < 4.78 is 5.15. The Morgan fingerprint density at radius 3 is 2.04 bits per heavy atom. The Hall–Kier alpha value is -0.810. The molecule has 0 spiro atoms. The van der Waals surface area contributed by atoms with Gasteiger partial charge in [-0.1, -0.05) is 25.7 Å². The Bertz CT molecular complexity index is 368. The molecule has 138 valence electrons. The lowest BCUT2D eigenvalue weighted by molar-refractivity contribution is 0.102. The first-order chi connectivity index (χ1) is 11.8. The van der Waals surface area contributed by atoms with Gasteiger partial charge in [0.1, 0.15) is 0 Å². The third kappa shape index (κ3) is 4.63. The fourth-order valence-electron chi connectivity index (χ4n) is 4.88. The second kappa shape index (κ2) is 9.04. The van der Waals surface area contributed by atoms with Gasteiger partial charge in [0.15, 0.2) is 0 Å². The molecule has 0 unspecified atom stereocenters. The van der Waals surface area contributed by atoms with Gasteiger partial charge in [0, 0.05) is 45.9 Å². The van der Waals surface area contributed by atoms with Gasteiger partial charge < -0.3 is 15.0 Å². The number of piperazine rings is 1. The summed E-state index contributed by atoms with van der Waals surface area (Å²) >= 11 is 0. The fourth-order valence-corrected chi connectivity index (χ4v) is 4.88. The van der Waals surface area contributed by atoms with Gasteiger partial charge in [-0.2, -0.15) is 0 Å². The molecule has 0 bridgehead atoms. The molecule has 2 aliphatic carbocycles. The van der Waals surface area contributed by atoms with E-state index < -0.39 is 0 Å². The van der Waals surface area contributed by atoms with E-state index in [-0.39, 0.29) is 6.03 Å². The van der Waals surface area contributed by atoms with Crippen molar-refractivity contribution in [1.29, 1.82) is 0 Å². The van der Waals surface area contributed by atoms with Crippen LogP contribution < -0.4 is 5.32 Å². The molecule has 0 radical (unpaired) electrons. The van der Waals surface area contributed by atoms with E-state index in [9.17, 15) is 4.79 Å². The monoisotopic (exact) mass is 337 g/mol. The van der Waals surface area contributed by atoms with Crippen LogP contribution in [0.25, 0.3) is 0 Å². The SMILES string of the molecule is COCCN1CCN(C(=O)NC(C2CCCC2)C2CCCC2)CC1. The van der Waals surface area contributed by atoms with Crippen LogP contribution in [0.5, 0.6) is 0 Å². The molecule has 5 heteroatoms. The Kier molecular flexibility index (Phi) is 6.78. The van der Waals surface area contributed by atoms with E-state index >= 15 is 0 Å². The molecule has 0 atom stereocenters. The molecule has 1 N–H and O–H groups in total. The van der Waals surface area contributed by atoms with Gasteiger partial charge in [-0.15, -0.1) is 0 Å². The number of methoxy groups -OCH3 is 1. The van der Waals surface area contributed by atoms with Crippen LogP contribution in [0, 0.1) is 11.8 Å². The minimum absolute atomic E-state index is 0.185. The lowest BCUT2D eigenvalue weighted by atomic mass is 9.86. The molecule has 0 aromatic heterocycles. The van der Waals surface area contributed by atoms with Crippen molar-refractivity contribution in [2.24, 2.45) is 11.8 Å². The molecule has 1 saturated heterocycles. The van der Waals surface area contributed by atoms with Crippen molar-refractivity contribution >= 4 is 6.03 Å². The van der Waals surface area contributed by atoms with E-state index in [1.54, 1.807) is 7.11 Å². The predicted octanol–water partition coefficient (Wildman–Crippen LogP) is 2.71. The maximum Gasteiger partial charge on any atom is 0.317 e. The van der Waals surface area contributed by atoms with Crippen molar-refractivity contribution in [3.05, 3.63) is 0 Å². The highest BCUT2D eigenvalue weighted by molar-refractivity contribution is 5.74. The van der Waals surface area contributed by atoms with E-state index in [0.29, 0.717) is 6.04 Å². The Morgan fingerprint density at radius 2 is 1.54 bits per heavy atom. The molecule has 3 rings (SSSR count). The summed E-state index contributed by atoms with van der Waals surface area (Å²) in [6.45, 7) is 5.37. The summed E-state index contributed by atoms with van der Waals surface area (Å²) in [4.78, 5) is 17.2. The summed E-state index contributed by atoms with van der Waals surface area (Å²) in [5, 5.41) is 3.47. The van der Waals surface area contributed by atoms with E-state index in [4.69, 9.17) is 4.74 Å². The molecule has 24 heavy (non-hydrogen) atoms. The zero-order chi connectivity index (χ0) is 16.8. The number of nitrogens with zero attached hydrogens (tertiary/aromatic N) is 2. The lowest BCUT2D eigenvalue weighted by Gasteiger charge is -2.37. The quantitative estimate of drug-likeness (QED) is 0.810. The number of hydrogen-bond donors (Lipinski definition) is 1. The fraction of sp³-hybridized carbons (Fsp3) is 0.947. The van der Waals surface area contributed by atoms with E-state index in [1.165, 1.54) is 51.4 Å². The summed E-state index contributed by atoms with van der Waals surface area (Å²) in [5.74, 6) is 1.44.